The van der Waals surface area contributed by atoms with Crippen LogP contribution >= 0.6 is 0 Å². The first-order valence-corrected chi connectivity index (χ1v) is 5.85. The van der Waals surface area contributed by atoms with Crippen LogP contribution in [-0.2, 0) is 0 Å². The van der Waals surface area contributed by atoms with Gasteiger partial charge in [0.15, 0.2) is 0 Å². The summed E-state index contributed by atoms with van der Waals surface area (Å²) in [6.45, 7) is 2.94. The molecule has 2 aromatic carbocycles. The van der Waals surface area contributed by atoms with Crippen molar-refractivity contribution < 1.29 is 4.39 Å². The minimum absolute atomic E-state index is 0.127. The van der Waals surface area contributed by atoms with Crippen LogP contribution in [0.5, 0.6) is 0 Å². The number of rotatable bonds is 4. The highest BCUT2D eigenvalue weighted by Gasteiger charge is 2.11. The van der Waals surface area contributed by atoms with Crippen molar-refractivity contribution in [1.29, 1.82) is 0 Å². The van der Waals surface area contributed by atoms with E-state index >= 15 is 0 Å². The molecule has 0 radical (unpaired) electrons. The van der Waals surface area contributed by atoms with Crippen molar-refractivity contribution in [3.63, 3.8) is 0 Å². The molecule has 0 aliphatic heterocycles. The first kappa shape index (κ1) is 11.8. The van der Waals surface area contributed by atoms with Crippen LogP contribution in [-0.4, -0.2) is 6.54 Å². The average Bonchev–Trinajstić information content (AvgIpc) is 2.38. The second-order valence-corrected chi connectivity index (χ2v) is 3.95. The van der Waals surface area contributed by atoms with Crippen molar-refractivity contribution >= 4 is 0 Å². The number of halogens is 1. The Hall–Kier alpha value is -1.67. The van der Waals surface area contributed by atoms with Crippen LogP contribution in [0.2, 0.25) is 0 Å². The fourth-order valence-corrected chi connectivity index (χ4v) is 1.93. The highest BCUT2D eigenvalue weighted by Crippen LogP contribution is 2.21. The van der Waals surface area contributed by atoms with Crippen molar-refractivity contribution in [3.8, 4) is 0 Å². The van der Waals surface area contributed by atoms with Crippen molar-refractivity contribution in [2.75, 3.05) is 6.54 Å². The quantitative estimate of drug-likeness (QED) is 0.845. The Bertz CT molecular complexity index is 450. The monoisotopic (exact) mass is 229 g/mol. The Morgan fingerprint density at radius 3 is 2.12 bits per heavy atom. The molecular weight excluding hydrogens is 213 g/mol. The van der Waals surface area contributed by atoms with Gasteiger partial charge in [-0.25, -0.2) is 4.39 Å². The van der Waals surface area contributed by atoms with Gasteiger partial charge >= 0.3 is 0 Å². The predicted octanol–water partition coefficient (Wildman–Crippen LogP) is 3.52. The number of hydrogen-bond donors (Lipinski definition) is 1. The highest BCUT2D eigenvalue weighted by atomic mass is 19.1. The second-order valence-electron chi connectivity index (χ2n) is 3.95. The summed E-state index contributed by atoms with van der Waals surface area (Å²) in [5.74, 6) is -0.197. The lowest BCUT2D eigenvalue weighted by Gasteiger charge is -2.18. The van der Waals surface area contributed by atoms with Gasteiger partial charge in [-0.2, -0.15) is 0 Å². The average molecular weight is 229 g/mol. The van der Waals surface area contributed by atoms with Crippen molar-refractivity contribution in [2.24, 2.45) is 0 Å². The summed E-state index contributed by atoms with van der Waals surface area (Å²) in [6, 6.07) is 17.0. The van der Waals surface area contributed by atoms with Gasteiger partial charge in [0, 0.05) is 0 Å². The molecule has 2 rings (SSSR count). The third-order valence-corrected chi connectivity index (χ3v) is 2.74. The Morgan fingerprint density at radius 1 is 0.941 bits per heavy atom. The summed E-state index contributed by atoms with van der Waals surface area (Å²) in [5, 5.41) is 3.41. The Labute approximate surface area is 101 Å². The van der Waals surface area contributed by atoms with E-state index in [1.165, 1.54) is 17.7 Å². The number of nitrogens with one attached hydrogen (secondary N) is 1. The van der Waals surface area contributed by atoms with E-state index < -0.39 is 0 Å². The zero-order valence-electron chi connectivity index (χ0n) is 9.86. The van der Waals surface area contributed by atoms with E-state index in [-0.39, 0.29) is 11.9 Å². The van der Waals surface area contributed by atoms with Gasteiger partial charge in [0.25, 0.3) is 0 Å². The minimum atomic E-state index is -0.197. The number of benzene rings is 2. The van der Waals surface area contributed by atoms with Crippen LogP contribution in [0.4, 0.5) is 4.39 Å². The van der Waals surface area contributed by atoms with Gasteiger partial charge in [0.1, 0.15) is 5.82 Å². The molecule has 0 aliphatic carbocycles. The van der Waals surface area contributed by atoms with E-state index in [1.54, 1.807) is 0 Å². The normalized spacial score (nSPS) is 12.4. The summed E-state index contributed by atoms with van der Waals surface area (Å²) in [4.78, 5) is 0. The lowest BCUT2D eigenvalue weighted by Crippen LogP contribution is -2.21. The molecule has 0 saturated heterocycles. The molecular formula is C15H16FN. The van der Waals surface area contributed by atoms with E-state index in [0.29, 0.717) is 0 Å². The van der Waals surface area contributed by atoms with Gasteiger partial charge in [0.2, 0.25) is 0 Å². The molecule has 0 spiro atoms. The van der Waals surface area contributed by atoms with Gasteiger partial charge in [0.05, 0.1) is 6.04 Å². The van der Waals surface area contributed by atoms with Gasteiger partial charge < -0.3 is 5.32 Å². The lowest BCUT2D eigenvalue weighted by molar-refractivity contribution is 0.613. The summed E-state index contributed by atoms with van der Waals surface area (Å²) >= 11 is 0. The molecule has 0 fully saturated rings. The Morgan fingerprint density at radius 2 is 1.53 bits per heavy atom. The topological polar surface area (TPSA) is 12.0 Å². The molecule has 88 valence electrons. The molecule has 0 aliphatic rings. The molecule has 17 heavy (non-hydrogen) atoms. The molecule has 1 unspecified atom stereocenters. The van der Waals surface area contributed by atoms with E-state index in [9.17, 15) is 4.39 Å². The largest absolute Gasteiger partial charge is 0.307 e. The zero-order valence-corrected chi connectivity index (χ0v) is 9.86. The molecule has 0 heterocycles. The Kier molecular flexibility index (Phi) is 3.89. The predicted molar refractivity (Wildman–Crippen MR) is 68.4 cm³/mol. The van der Waals surface area contributed by atoms with Crippen molar-refractivity contribution in [1.82, 2.24) is 5.32 Å². The van der Waals surface area contributed by atoms with Crippen LogP contribution in [0.3, 0.4) is 0 Å². The standard InChI is InChI=1S/C15H16FN/c1-2-17-15(12-6-4-3-5-7-12)13-8-10-14(16)11-9-13/h3-11,15,17H,2H2,1H3. The summed E-state index contributed by atoms with van der Waals surface area (Å²) in [5.41, 5.74) is 2.28. The molecule has 0 bridgehead atoms. The van der Waals surface area contributed by atoms with Crippen LogP contribution in [0.1, 0.15) is 24.1 Å². The minimum Gasteiger partial charge on any atom is -0.307 e. The smallest absolute Gasteiger partial charge is 0.123 e. The van der Waals surface area contributed by atoms with E-state index in [1.807, 2.05) is 30.3 Å². The maximum Gasteiger partial charge on any atom is 0.123 e. The van der Waals surface area contributed by atoms with Gasteiger partial charge in [-0.05, 0) is 29.8 Å². The first-order chi connectivity index (χ1) is 8.31. The zero-order chi connectivity index (χ0) is 12.1. The van der Waals surface area contributed by atoms with E-state index in [0.717, 1.165) is 12.1 Å². The molecule has 2 aromatic rings. The fourth-order valence-electron chi connectivity index (χ4n) is 1.93. The first-order valence-electron chi connectivity index (χ1n) is 5.85. The Balaban J connectivity index is 2.32. The van der Waals surface area contributed by atoms with Crippen molar-refractivity contribution in [3.05, 3.63) is 71.5 Å². The molecule has 1 nitrogen and oxygen atoms in total. The third-order valence-electron chi connectivity index (χ3n) is 2.74. The summed E-state index contributed by atoms with van der Waals surface area (Å²) in [6.07, 6.45) is 0. The van der Waals surface area contributed by atoms with Crippen molar-refractivity contribution in [2.45, 2.75) is 13.0 Å². The summed E-state index contributed by atoms with van der Waals surface area (Å²) in [7, 11) is 0. The highest BCUT2D eigenvalue weighted by molar-refractivity contribution is 5.31. The van der Waals surface area contributed by atoms with Crippen LogP contribution in [0, 0.1) is 5.82 Å². The summed E-state index contributed by atoms with van der Waals surface area (Å²) < 4.78 is 12.9. The third kappa shape index (κ3) is 2.92. The number of hydrogen-bond acceptors (Lipinski definition) is 1. The fraction of sp³-hybridized carbons (Fsp3) is 0.200. The molecule has 1 N–H and O–H groups in total. The molecule has 0 saturated carbocycles. The van der Waals surface area contributed by atoms with Crippen LogP contribution in [0.15, 0.2) is 54.6 Å². The maximum absolute atomic E-state index is 12.9. The van der Waals surface area contributed by atoms with Gasteiger partial charge in [-0.1, -0.05) is 49.4 Å². The molecule has 0 aromatic heterocycles. The van der Waals surface area contributed by atoms with Crippen LogP contribution in [0.25, 0.3) is 0 Å². The second kappa shape index (κ2) is 5.60. The molecule has 2 heteroatoms. The maximum atomic E-state index is 12.9. The van der Waals surface area contributed by atoms with Crippen LogP contribution < -0.4 is 5.32 Å². The van der Waals surface area contributed by atoms with E-state index in [4.69, 9.17) is 0 Å². The lowest BCUT2D eigenvalue weighted by atomic mass is 9.99. The SMILES string of the molecule is CCNC(c1ccccc1)c1ccc(F)cc1. The molecule has 1 atom stereocenters. The molecule has 0 amide bonds. The van der Waals surface area contributed by atoms with E-state index in [2.05, 4.69) is 24.4 Å². The van der Waals surface area contributed by atoms with Gasteiger partial charge in [-0.3, -0.25) is 0 Å². The van der Waals surface area contributed by atoms with Gasteiger partial charge in [-0.15, -0.1) is 0 Å².